The van der Waals surface area contributed by atoms with Gasteiger partial charge in [0, 0.05) is 25.2 Å². The van der Waals surface area contributed by atoms with Crippen LogP contribution in [0.5, 0.6) is 0 Å². The first-order valence-corrected chi connectivity index (χ1v) is 7.19. The molecule has 0 bridgehead atoms. The molecule has 3 N–H and O–H groups in total. The minimum Gasteiger partial charge on any atom is -0.315 e. The number of fused-ring (bicyclic) bond motifs is 2. The number of nitrogens with zero attached hydrogens (tertiary/aromatic N) is 1. The van der Waals surface area contributed by atoms with Crippen molar-refractivity contribution < 1.29 is 0 Å². The standard InChI is InChI=1S/C7H14N2.C6H12N2/c1-9-3-2-6-4-8-5-7(6)9;1-2-8-6-4-7-3-5(1)6/h6-8H,2-5H2,1H3;5-8H,1-4H2. The predicted molar refractivity (Wildman–Crippen MR) is 70.2 cm³/mol. The van der Waals surface area contributed by atoms with Gasteiger partial charge in [0.15, 0.2) is 0 Å². The molecule has 4 saturated heterocycles. The van der Waals surface area contributed by atoms with Crippen LogP contribution in [0.4, 0.5) is 0 Å². The number of hydrogen-bond acceptors (Lipinski definition) is 4. The highest BCUT2D eigenvalue weighted by atomic mass is 15.2. The molecule has 4 unspecified atom stereocenters. The predicted octanol–water partition coefficient (Wildman–Crippen LogP) is -0.522. The molecule has 0 aromatic carbocycles. The summed E-state index contributed by atoms with van der Waals surface area (Å²) in [4.78, 5) is 2.48. The van der Waals surface area contributed by atoms with Crippen LogP contribution in [0.25, 0.3) is 0 Å². The molecule has 98 valence electrons. The average molecular weight is 238 g/mol. The van der Waals surface area contributed by atoms with Crippen LogP contribution in [0.1, 0.15) is 12.8 Å². The number of likely N-dealkylation sites (tertiary alicyclic amines) is 1. The first-order valence-electron chi connectivity index (χ1n) is 7.19. The van der Waals surface area contributed by atoms with Gasteiger partial charge in [-0.15, -0.1) is 0 Å². The normalized spacial score (nSPS) is 44.3. The SMILES string of the molecule is C1CC2CNCC2N1.CN1CCC2CNCC21. The number of hydrogen-bond donors (Lipinski definition) is 3. The topological polar surface area (TPSA) is 39.3 Å². The minimum atomic E-state index is 0.815. The van der Waals surface area contributed by atoms with Crippen LogP contribution in [0.3, 0.4) is 0 Å². The molecule has 0 amide bonds. The van der Waals surface area contributed by atoms with E-state index in [1.807, 2.05) is 0 Å². The second-order valence-corrected chi connectivity index (χ2v) is 6.02. The monoisotopic (exact) mass is 238 g/mol. The van der Waals surface area contributed by atoms with Crippen molar-refractivity contribution in [3.8, 4) is 0 Å². The third-order valence-corrected chi connectivity index (χ3v) is 4.98. The van der Waals surface area contributed by atoms with Crippen molar-refractivity contribution >= 4 is 0 Å². The Morgan fingerprint density at radius 2 is 1.76 bits per heavy atom. The van der Waals surface area contributed by atoms with E-state index in [1.54, 1.807) is 0 Å². The maximum absolute atomic E-state index is 3.46. The Kier molecular flexibility index (Phi) is 3.66. The molecule has 17 heavy (non-hydrogen) atoms. The van der Waals surface area contributed by atoms with Crippen LogP contribution in [0.15, 0.2) is 0 Å². The van der Waals surface area contributed by atoms with Gasteiger partial charge in [-0.3, -0.25) is 0 Å². The number of rotatable bonds is 0. The van der Waals surface area contributed by atoms with Gasteiger partial charge in [0.2, 0.25) is 0 Å². The summed E-state index contributed by atoms with van der Waals surface area (Å²) in [6, 6.07) is 1.68. The molecular formula is C13H26N4. The van der Waals surface area contributed by atoms with Gasteiger partial charge in [-0.25, -0.2) is 0 Å². The van der Waals surface area contributed by atoms with E-state index in [1.165, 1.54) is 52.1 Å². The molecule has 0 saturated carbocycles. The molecular weight excluding hydrogens is 212 g/mol. The first kappa shape index (κ1) is 11.9. The van der Waals surface area contributed by atoms with E-state index in [-0.39, 0.29) is 0 Å². The second-order valence-electron chi connectivity index (χ2n) is 6.02. The first-order chi connectivity index (χ1) is 8.34. The van der Waals surface area contributed by atoms with Crippen LogP contribution in [-0.2, 0) is 0 Å². The number of likely N-dealkylation sites (N-methyl/N-ethyl adjacent to an activating group) is 1. The molecule has 0 radical (unpaired) electrons. The Morgan fingerprint density at radius 1 is 0.941 bits per heavy atom. The van der Waals surface area contributed by atoms with Crippen molar-refractivity contribution in [3.05, 3.63) is 0 Å². The summed E-state index contributed by atoms with van der Waals surface area (Å²) >= 11 is 0. The highest BCUT2D eigenvalue weighted by Gasteiger charge is 2.34. The zero-order valence-electron chi connectivity index (χ0n) is 10.9. The lowest BCUT2D eigenvalue weighted by Gasteiger charge is -2.16. The van der Waals surface area contributed by atoms with Gasteiger partial charge >= 0.3 is 0 Å². The Bertz CT molecular complexity index is 238. The van der Waals surface area contributed by atoms with Crippen molar-refractivity contribution in [3.63, 3.8) is 0 Å². The smallest absolute Gasteiger partial charge is 0.0258 e. The van der Waals surface area contributed by atoms with Gasteiger partial charge in [-0.2, -0.15) is 0 Å². The molecule has 0 aromatic heterocycles. The Morgan fingerprint density at radius 3 is 2.59 bits per heavy atom. The van der Waals surface area contributed by atoms with E-state index in [0.29, 0.717) is 0 Å². The molecule has 0 spiro atoms. The quantitative estimate of drug-likeness (QED) is 0.531. The molecule has 0 aliphatic carbocycles. The third kappa shape index (κ3) is 2.50. The highest BCUT2D eigenvalue weighted by Crippen LogP contribution is 2.24. The Balaban J connectivity index is 0.000000107. The van der Waals surface area contributed by atoms with E-state index in [4.69, 9.17) is 0 Å². The zero-order chi connectivity index (χ0) is 11.7. The van der Waals surface area contributed by atoms with Gasteiger partial charge in [-0.05, 0) is 57.9 Å². The van der Waals surface area contributed by atoms with Gasteiger partial charge in [-0.1, -0.05) is 0 Å². The third-order valence-electron chi connectivity index (χ3n) is 4.98. The molecule has 4 aliphatic rings. The summed E-state index contributed by atoms with van der Waals surface area (Å²) in [7, 11) is 2.23. The van der Waals surface area contributed by atoms with E-state index in [2.05, 4.69) is 27.9 Å². The lowest BCUT2D eigenvalue weighted by molar-refractivity contribution is 0.308. The minimum absolute atomic E-state index is 0.815. The molecule has 4 rings (SSSR count). The van der Waals surface area contributed by atoms with E-state index < -0.39 is 0 Å². The Labute approximate surface area is 105 Å². The second kappa shape index (κ2) is 5.22. The fourth-order valence-corrected chi connectivity index (χ4v) is 3.79. The van der Waals surface area contributed by atoms with Gasteiger partial charge in [0.1, 0.15) is 0 Å². The van der Waals surface area contributed by atoms with Crippen molar-refractivity contribution in [1.82, 2.24) is 20.9 Å². The lowest BCUT2D eigenvalue weighted by Crippen LogP contribution is -2.30. The van der Waals surface area contributed by atoms with Crippen molar-refractivity contribution in [2.75, 3.05) is 46.3 Å². The maximum Gasteiger partial charge on any atom is 0.0258 e. The van der Waals surface area contributed by atoms with Crippen LogP contribution < -0.4 is 16.0 Å². The Hall–Kier alpha value is -0.160. The molecule has 4 atom stereocenters. The largest absolute Gasteiger partial charge is 0.315 e. The lowest BCUT2D eigenvalue weighted by atomic mass is 10.1. The molecule has 0 aromatic rings. The van der Waals surface area contributed by atoms with Crippen LogP contribution in [0.2, 0.25) is 0 Å². The average Bonchev–Trinajstić information content (AvgIpc) is 3.00. The summed E-state index contributed by atoms with van der Waals surface area (Å²) in [6.07, 6.45) is 2.80. The van der Waals surface area contributed by atoms with Crippen molar-refractivity contribution in [2.45, 2.75) is 24.9 Å². The zero-order valence-corrected chi connectivity index (χ0v) is 10.9. The molecule has 4 fully saturated rings. The van der Waals surface area contributed by atoms with Crippen LogP contribution >= 0.6 is 0 Å². The summed E-state index contributed by atoms with van der Waals surface area (Å²) in [5, 5.41) is 10.2. The summed E-state index contributed by atoms with van der Waals surface area (Å²) in [5.41, 5.74) is 0. The van der Waals surface area contributed by atoms with Crippen molar-refractivity contribution in [2.24, 2.45) is 11.8 Å². The molecule has 4 aliphatic heterocycles. The van der Waals surface area contributed by atoms with Gasteiger partial charge in [0.25, 0.3) is 0 Å². The fourth-order valence-electron chi connectivity index (χ4n) is 3.79. The van der Waals surface area contributed by atoms with Gasteiger partial charge < -0.3 is 20.9 Å². The van der Waals surface area contributed by atoms with E-state index in [0.717, 1.165) is 23.9 Å². The van der Waals surface area contributed by atoms with Crippen molar-refractivity contribution in [1.29, 1.82) is 0 Å². The van der Waals surface area contributed by atoms with Crippen LogP contribution in [-0.4, -0.2) is 63.3 Å². The van der Waals surface area contributed by atoms with Crippen LogP contribution in [0, 0.1) is 11.8 Å². The molecule has 4 heterocycles. The molecule has 4 nitrogen and oxygen atoms in total. The fraction of sp³-hybridized carbons (Fsp3) is 1.00. The van der Waals surface area contributed by atoms with E-state index >= 15 is 0 Å². The number of nitrogens with one attached hydrogen (secondary N) is 3. The molecule has 4 heteroatoms. The maximum atomic E-state index is 3.46. The summed E-state index contributed by atoms with van der Waals surface area (Å²) in [5.74, 6) is 1.92. The summed E-state index contributed by atoms with van der Waals surface area (Å²) < 4.78 is 0. The summed E-state index contributed by atoms with van der Waals surface area (Å²) in [6.45, 7) is 7.49. The highest BCUT2D eigenvalue weighted by molar-refractivity contribution is 4.93. The van der Waals surface area contributed by atoms with E-state index in [9.17, 15) is 0 Å². The van der Waals surface area contributed by atoms with Gasteiger partial charge in [0.05, 0.1) is 0 Å².